The smallest absolute Gasteiger partial charge is 0.305 e. The van der Waals surface area contributed by atoms with Gasteiger partial charge in [-0.2, -0.15) is 0 Å². The molecule has 13 heteroatoms. The third-order valence-electron chi connectivity index (χ3n) is 7.61. The van der Waals surface area contributed by atoms with Crippen LogP contribution in [0.4, 0.5) is 0 Å². The highest BCUT2D eigenvalue weighted by molar-refractivity contribution is 5.67. The number of carbonyl (C=O) groups is 4. The van der Waals surface area contributed by atoms with Crippen molar-refractivity contribution in [2.45, 2.75) is 105 Å². The Morgan fingerprint density at radius 2 is 0.850 bits per heavy atom. The maximum atomic E-state index is 12.0. The zero-order chi connectivity index (χ0) is 29.7. The van der Waals surface area contributed by atoms with Gasteiger partial charge in [0.25, 0.3) is 0 Å². The molecule has 0 radical (unpaired) electrons. The molecule has 3 aliphatic rings. The lowest BCUT2D eigenvalue weighted by Crippen LogP contribution is -2.58. The number of hydrogen-bond acceptors (Lipinski definition) is 13. The van der Waals surface area contributed by atoms with E-state index in [1.165, 1.54) is 27.7 Å². The highest BCUT2D eigenvalue weighted by Gasteiger charge is 2.49. The van der Waals surface area contributed by atoms with Crippen molar-refractivity contribution in [2.75, 3.05) is 19.8 Å². The third kappa shape index (κ3) is 8.12. The van der Waals surface area contributed by atoms with Gasteiger partial charge in [-0.1, -0.05) is 27.7 Å². The van der Waals surface area contributed by atoms with E-state index in [4.69, 9.17) is 42.6 Å². The standard InChI is InChI=1S/C27H42O13/c1-12-9-32-26(22(13(12)2)35-16(5)28)39-21-11-34-27(24(15(21)4)37-18(7)30)40-20-10-33-25(38-19(8)31)23(14(20)3)36-17(6)29/h12-15,20-27H,9-11H2,1-8H3. The average Bonchev–Trinajstić information content (AvgIpc) is 2.85. The summed E-state index contributed by atoms with van der Waals surface area (Å²) in [5.41, 5.74) is 0. The molecule has 3 saturated heterocycles. The quantitative estimate of drug-likeness (QED) is 0.306. The van der Waals surface area contributed by atoms with E-state index in [-0.39, 0.29) is 25.0 Å². The van der Waals surface area contributed by atoms with Crippen LogP contribution in [0.2, 0.25) is 0 Å². The van der Waals surface area contributed by atoms with Crippen LogP contribution in [0.15, 0.2) is 0 Å². The van der Waals surface area contributed by atoms with E-state index in [1.807, 2.05) is 20.8 Å². The fourth-order valence-corrected chi connectivity index (χ4v) is 5.09. The van der Waals surface area contributed by atoms with Crippen LogP contribution < -0.4 is 0 Å². The molecule has 0 aromatic heterocycles. The van der Waals surface area contributed by atoms with Gasteiger partial charge >= 0.3 is 23.9 Å². The molecule has 0 bridgehead atoms. The van der Waals surface area contributed by atoms with Crippen LogP contribution in [0.1, 0.15) is 55.4 Å². The highest BCUT2D eigenvalue weighted by atomic mass is 16.8. The predicted octanol–water partition coefficient (Wildman–Crippen LogP) is 1.73. The van der Waals surface area contributed by atoms with Crippen LogP contribution >= 0.6 is 0 Å². The number of ether oxygens (including phenoxy) is 9. The summed E-state index contributed by atoms with van der Waals surface area (Å²) in [6.45, 7) is 13.2. The van der Waals surface area contributed by atoms with Gasteiger partial charge in [-0.25, -0.2) is 0 Å². The van der Waals surface area contributed by atoms with Crippen molar-refractivity contribution >= 4 is 23.9 Å². The monoisotopic (exact) mass is 574 g/mol. The van der Waals surface area contributed by atoms with Crippen molar-refractivity contribution < 1.29 is 61.8 Å². The molecule has 0 spiro atoms. The Morgan fingerprint density at radius 1 is 0.500 bits per heavy atom. The first kappa shape index (κ1) is 32.2. The molecular formula is C27H42O13. The van der Waals surface area contributed by atoms with E-state index in [1.54, 1.807) is 6.92 Å². The molecule has 3 aliphatic heterocycles. The largest absolute Gasteiger partial charge is 0.457 e. The molecule has 0 N–H and O–H groups in total. The number of carbonyl (C=O) groups excluding carboxylic acids is 4. The minimum absolute atomic E-state index is 0.00317. The number of esters is 4. The van der Waals surface area contributed by atoms with Gasteiger partial charge in [0.05, 0.1) is 32.0 Å². The Hall–Kier alpha value is -2.32. The number of rotatable bonds is 8. The van der Waals surface area contributed by atoms with Crippen LogP contribution in [0.3, 0.4) is 0 Å². The molecule has 0 saturated carbocycles. The fourth-order valence-electron chi connectivity index (χ4n) is 5.09. The van der Waals surface area contributed by atoms with Crippen molar-refractivity contribution in [3.63, 3.8) is 0 Å². The second-order valence-corrected chi connectivity index (χ2v) is 10.8. The molecule has 0 aromatic carbocycles. The summed E-state index contributed by atoms with van der Waals surface area (Å²) in [6, 6.07) is 0. The van der Waals surface area contributed by atoms with Gasteiger partial charge in [0.2, 0.25) is 6.29 Å². The summed E-state index contributed by atoms with van der Waals surface area (Å²) in [6.07, 6.45) is -6.53. The first-order valence-electron chi connectivity index (χ1n) is 13.6. The molecule has 0 aromatic rings. The molecule has 40 heavy (non-hydrogen) atoms. The van der Waals surface area contributed by atoms with Crippen LogP contribution in [0, 0.1) is 23.7 Å². The molecule has 3 rings (SSSR count). The van der Waals surface area contributed by atoms with E-state index in [2.05, 4.69) is 0 Å². The van der Waals surface area contributed by atoms with Crippen molar-refractivity contribution in [1.82, 2.24) is 0 Å². The molecule has 12 atom stereocenters. The van der Waals surface area contributed by atoms with Gasteiger partial charge in [-0.05, 0) is 5.92 Å². The van der Waals surface area contributed by atoms with E-state index in [0.717, 1.165) is 0 Å². The minimum atomic E-state index is -1.09. The second-order valence-electron chi connectivity index (χ2n) is 10.8. The molecule has 13 nitrogen and oxygen atoms in total. The van der Waals surface area contributed by atoms with Crippen LogP contribution in [0.5, 0.6) is 0 Å². The summed E-state index contributed by atoms with van der Waals surface area (Å²) < 4.78 is 51.8. The number of hydrogen-bond donors (Lipinski definition) is 0. The topological polar surface area (TPSA) is 151 Å². The summed E-state index contributed by atoms with van der Waals surface area (Å²) in [5.74, 6) is -2.84. The Morgan fingerprint density at radius 3 is 1.27 bits per heavy atom. The van der Waals surface area contributed by atoms with E-state index < -0.39 is 85.1 Å². The van der Waals surface area contributed by atoms with Crippen molar-refractivity contribution in [1.29, 1.82) is 0 Å². The molecular weight excluding hydrogens is 532 g/mol. The van der Waals surface area contributed by atoms with E-state index in [9.17, 15) is 19.2 Å². The lowest BCUT2D eigenvalue weighted by atomic mass is 9.88. The third-order valence-corrected chi connectivity index (χ3v) is 7.61. The molecule has 228 valence electrons. The van der Waals surface area contributed by atoms with Gasteiger partial charge in [-0.3, -0.25) is 19.2 Å². The normalized spacial score (nSPS) is 40.0. The Balaban J connectivity index is 1.72. The molecule has 0 amide bonds. The van der Waals surface area contributed by atoms with E-state index >= 15 is 0 Å². The van der Waals surface area contributed by atoms with Gasteiger partial charge in [-0.15, -0.1) is 0 Å². The highest BCUT2D eigenvalue weighted by Crippen LogP contribution is 2.35. The molecule has 0 aliphatic carbocycles. The first-order chi connectivity index (χ1) is 18.8. The van der Waals surface area contributed by atoms with Crippen LogP contribution in [0.25, 0.3) is 0 Å². The Bertz CT molecular complexity index is 909. The lowest BCUT2D eigenvalue weighted by molar-refractivity contribution is -0.332. The van der Waals surface area contributed by atoms with Crippen molar-refractivity contribution in [3.8, 4) is 0 Å². The zero-order valence-electron chi connectivity index (χ0n) is 24.4. The maximum absolute atomic E-state index is 12.0. The predicted molar refractivity (Wildman–Crippen MR) is 134 cm³/mol. The summed E-state index contributed by atoms with van der Waals surface area (Å²) in [5, 5.41) is 0. The van der Waals surface area contributed by atoms with Gasteiger partial charge < -0.3 is 42.6 Å². The summed E-state index contributed by atoms with van der Waals surface area (Å²) in [4.78, 5) is 47.1. The van der Waals surface area contributed by atoms with Gasteiger partial charge in [0, 0.05) is 45.4 Å². The van der Waals surface area contributed by atoms with E-state index in [0.29, 0.717) is 6.61 Å². The van der Waals surface area contributed by atoms with Gasteiger partial charge in [0.15, 0.2) is 30.9 Å². The minimum Gasteiger partial charge on any atom is -0.457 e. The first-order valence-corrected chi connectivity index (χ1v) is 13.6. The van der Waals surface area contributed by atoms with Gasteiger partial charge in [0.1, 0.15) is 0 Å². The lowest BCUT2D eigenvalue weighted by Gasteiger charge is -2.46. The second kappa shape index (κ2) is 14.0. The molecule has 12 unspecified atom stereocenters. The fraction of sp³-hybridized carbons (Fsp3) is 0.852. The van der Waals surface area contributed by atoms with Crippen molar-refractivity contribution in [3.05, 3.63) is 0 Å². The molecule has 3 fully saturated rings. The zero-order valence-corrected chi connectivity index (χ0v) is 24.4. The SMILES string of the molecule is CC(=O)OC1OCC(OC2OCC(OC3OCC(C)C(C)C3OC(C)=O)C(C)C2OC(C)=O)C(C)C1OC(C)=O. The summed E-state index contributed by atoms with van der Waals surface area (Å²) in [7, 11) is 0. The Labute approximate surface area is 234 Å². The van der Waals surface area contributed by atoms with Crippen molar-refractivity contribution in [2.24, 2.45) is 23.7 Å². The Kier molecular flexibility index (Phi) is 11.3. The van der Waals surface area contributed by atoms with Crippen LogP contribution in [-0.2, 0) is 61.8 Å². The average molecular weight is 575 g/mol. The summed E-state index contributed by atoms with van der Waals surface area (Å²) >= 11 is 0. The maximum Gasteiger partial charge on any atom is 0.305 e. The molecule has 3 heterocycles. The van der Waals surface area contributed by atoms with Crippen LogP contribution in [-0.4, -0.2) is 93.1 Å².